The van der Waals surface area contributed by atoms with Crippen molar-refractivity contribution in [2.75, 3.05) is 10.6 Å². The van der Waals surface area contributed by atoms with Gasteiger partial charge in [0.05, 0.1) is 0 Å². The Bertz CT molecular complexity index is 684. The van der Waals surface area contributed by atoms with Gasteiger partial charge >= 0.3 is 0 Å². The Morgan fingerprint density at radius 3 is 2.65 bits per heavy atom. The zero-order valence-electron chi connectivity index (χ0n) is 14.2. The molecule has 0 saturated carbocycles. The van der Waals surface area contributed by atoms with Crippen molar-refractivity contribution in [3.8, 4) is 0 Å². The highest BCUT2D eigenvalue weighted by Gasteiger charge is 2.13. The van der Waals surface area contributed by atoms with Gasteiger partial charge in [-0.15, -0.1) is 0 Å². The number of hydrogen-bond acceptors (Lipinski definition) is 4. The lowest BCUT2D eigenvalue weighted by Gasteiger charge is -2.13. The smallest absolute Gasteiger partial charge is 0.274 e. The van der Waals surface area contributed by atoms with Crippen LogP contribution in [-0.4, -0.2) is 21.9 Å². The molecule has 0 spiro atoms. The maximum absolute atomic E-state index is 12.5. The molecule has 0 bridgehead atoms. The second-order valence-corrected chi connectivity index (χ2v) is 5.64. The summed E-state index contributed by atoms with van der Waals surface area (Å²) in [6.07, 6.45) is 1.82. The zero-order chi connectivity index (χ0) is 16.8. The summed E-state index contributed by atoms with van der Waals surface area (Å²) in [4.78, 5) is 21.2. The van der Waals surface area contributed by atoms with Gasteiger partial charge in [-0.1, -0.05) is 32.0 Å². The first-order valence-electron chi connectivity index (χ1n) is 8.05. The van der Waals surface area contributed by atoms with Crippen LogP contribution < -0.4 is 10.6 Å². The highest BCUT2D eigenvalue weighted by atomic mass is 16.1. The predicted molar refractivity (Wildman–Crippen MR) is 93.9 cm³/mol. The lowest BCUT2D eigenvalue weighted by molar-refractivity contribution is 0.102. The molecule has 2 N–H and O–H groups in total. The molecule has 0 radical (unpaired) electrons. The first-order chi connectivity index (χ1) is 11.0. The van der Waals surface area contributed by atoms with Crippen molar-refractivity contribution in [1.82, 2.24) is 9.97 Å². The van der Waals surface area contributed by atoms with E-state index in [4.69, 9.17) is 0 Å². The van der Waals surface area contributed by atoms with E-state index in [0.717, 1.165) is 29.8 Å². The van der Waals surface area contributed by atoms with Crippen LogP contribution in [0.4, 0.5) is 11.6 Å². The number of rotatable bonds is 6. The summed E-state index contributed by atoms with van der Waals surface area (Å²) in [5, 5.41) is 6.15. The molecule has 1 unspecified atom stereocenters. The molecular formula is C18H24N4O. The van der Waals surface area contributed by atoms with E-state index in [9.17, 15) is 4.79 Å². The van der Waals surface area contributed by atoms with Gasteiger partial charge in [-0.2, -0.15) is 0 Å². The Morgan fingerprint density at radius 2 is 1.96 bits per heavy atom. The molecule has 1 aromatic carbocycles. The number of carbonyl (C=O) groups is 1. The molecule has 2 rings (SSSR count). The third kappa shape index (κ3) is 4.52. The fraction of sp³-hybridized carbons (Fsp3) is 0.389. The second kappa shape index (κ2) is 7.72. The third-order valence-corrected chi connectivity index (χ3v) is 3.72. The molecule has 0 aliphatic carbocycles. The molecule has 0 aliphatic rings. The lowest BCUT2D eigenvalue weighted by atomic mass is 10.1. The van der Waals surface area contributed by atoms with Crippen molar-refractivity contribution in [3.05, 3.63) is 47.3 Å². The largest absolute Gasteiger partial charge is 0.352 e. The molecule has 5 nitrogen and oxygen atoms in total. The van der Waals surface area contributed by atoms with Gasteiger partial charge in [0.2, 0.25) is 5.95 Å². The Labute approximate surface area is 137 Å². The highest BCUT2D eigenvalue weighted by Crippen LogP contribution is 2.17. The molecule has 0 aliphatic heterocycles. The van der Waals surface area contributed by atoms with Gasteiger partial charge in [0.1, 0.15) is 5.69 Å². The van der Waals surface area contributed by atoms with Gasteiger partial charge in [0, 0.05) is 17.4 Å². The number of aromatic nitrogens is 2. The molecule has 2 aromatic rings. The predicted octanol–water partition coefficient (Wildman–Crippen LogP) is 3.81. The lowest BCUT2D eigenvalue weighted by Crippen LogP contribution is -2.20. The summed E-state index contributed by atoms with van der Waals surface area (Å²) in [6, 6.07) is 9.76. The van der Waals surface area contributed by atoms with Crippen LogP contribution in [0.15, 0.2) is 30.3 Å². The van der Waals surface area contributed by atoms with Crippen LogP contribution in [0.2, 0.25) is 0 Å². The standard InChI is InChI=1S/C18H24N4O/c1-5-12(3)19-18-20-13(4)11-16(22-18)17(23)21-15-10-8-7-9-14(15)6-2/h7-12H,5-6H2,1-4H3,(H,21,23)(H,19,20,22). The minimum atomic E-state index is -0.219. The van der Waals surface area contributed by atoms with Gasteiger partial charge in [-0.05, 0) is 44.4 Å². The van der Waals surface area contributed by atoms with Crippen LogP contribution in [-0.2, 0) is 6.42 Å². The van der Waals surface area contributed by atoms with Crippen LogP contribution >= 0.6 is 0 Å². The summed E-state index contributed by atoms with van der Waals surface area (Å²) in [7, 11) is 0. The Hall–Kier alpha value is -2.43. The van der Waals surface area contributed by atoms with E-state index in [0.29, 0.717) is 11.6 Å². The molecule has 1 heterocycles. The van der Waals surface area contributed by atoms with Gasteiger partial charge < -0.3 is 10.6 Å². The van der Waals surface area contributed by atoms with Gasteiger partial charge in [0.15, 0.2) is 0 Å². The summed E-state index contributed by atoms with van der Waals surface area (Å²) in [5.74, 6) is 0.275. The van der Waals surface area contributed by atoms with E-state index in [1.165, 1.54) is 0 Å². The zero-order valence-corrected chi connectivity index (χ0v) is 14.2. The molecule has 0 fully saturated rings. The van der Waals surface area contributed by atoms with Crippen molar-refractivity contribution >= 4 is 17.5 Å². The summed E-state index contributed by atoms with van der Waals surface area (Å²) in [6.45, 7) is 8.07. The number of nitrogens with zero attached hydrogens (tertiary/aromatic N) is 2. The molecule has 122 valence electrons. The molecular weight excluding hydrogens is 288 g/mol. The number of carbonyl (C=O) groups excluding carboxylic acids is 1. The fourth-order valence-corrected chi connectivity index (χ4v) is 2.21. The maximum atomic E-state index is 12.5. The van der Waals surface area contributed by atoms with Crippen molar-refractivity contribution in [2.45, 2.75) is 46.6 Å². The molecule has 0 saturated heterocycles. The van der Waals surface area contributed by atoms with Crippen molar-refractivity contribution < 1.29 is 4.79 Å². The summed E-state index contributed by atoms with van der Waals surface area (Å²) in [5.41, 5.74) is 3.06. The topological polar surface area (TPSA) is 66.9 Å². The monoisotopic (exact) mass is 312 g/mol. The first-order valence-corrected chi connectivity index (χ1v) is 8.05. The number of hydrogen-bond donors (Lipinski definition) is 2. The van der Waals surface area contributed by atoms with Gasteiger partial charge in [0.25, 0.3) is 5.91 Å². The van der Waals surface area contributed by atoms with Gasteiger partial charge in [-0.3, -0.25) is 4.79 Å². The van der Waals surface area contributed by atoms with Crippen molar-refractivity contribution in [1.29, 1.82) is 0 Å². The van der Waals surface area contributed by atoms with Gasteiger partial charge in [-0.25, -0.2) is 9.97 Å². The molecule has 23 heavy (non-hydrogen) atoms. The van der Waals surface area contributed by atoms with Crippen LogP contribution in [0.5, 0.6) is 0 Å². The van der Waals surface area contributed by atoms with Crippen molar-refractivity contribution in [3.63, 3.8) is 0 Å². The van der Waals surface area contributed by atoms with Crippen molar-refractivity contribution in [2.24, 2.45) is 0 Å². The Morgan fingerprint density at radius 1 is 1.22 bits per heavy atom. The fourth-order valence-electron chi connectivity index (χ4n) is 2.21. The number of anilines is 2. The highest BCUT2D eigenvalue weighted by molar-refractivity contribution is 6.03. The van der Waals surface area contributed by atoms with E-state index in [1.807, 2.05) is 31.2 Å². The Kier molecular flexibility index (Phi) is 5.68. The normalized spacial score (nSPS) is 11.8. The number of aryl methyl sites for hydroxylation is 2. The number of para-hydroxylation sites is 1. The summed E-state index contributed by atoms with van der Waals surface area (Å²) >= 11 is 0. The Balaban J connectivity index is 2.22. The SMILES string of the molecule is CCc1ccccc1NC(=O)c1cc(C)nc(NC(C)CC)n1. The van der Waals surface area contributed by atoms with E-state index in [1.54, 1.807) is 6.07 Å². The van der Waals surface area contributed by atoms with Crippen LogP contribution in [0.3, 0.4) is 0 Å². The number of benzene rings is 1. The minimum Gasteiger partial charge on any atom is -0.352 e. The third-order valence-electron chi connectivity index (χ3n) is 3.72. The second-order valence-electron chi connectivity index (χ2n) is 5.64. The van der Waals surface area contributed by atoms with E-state index < -0.39 is 0 Å². The molecule has 1 aromatic heterocycles. The van der Waals surface area contributed by atoms with E-state index in [-0.39, 0.29) is 11.9 Å². The first kappa shape index (κ1) is 16.9. The summed E-state index contributed by atoms with van der Waals surface area (Å²) < 4.78 is 0. The quantitative estimate of drug-likeness (QED) is 0.851. The van der Waals surface area contributed by atoms with Crippen LogP contribution in [0, 0.1) is 6.92 Å². The minimum absolute atomic E-state index is 0.219. The number of nitrogens with one attached hydrogen (secondary N) is 2. The van der Waals surface area contributed by atoms with Crippen LogP contribution in [0.1, 0.15) is 48.9 Å². The maximum Gasteiger partial charge on any atom is 0.274 e. The van der Waals surface area contributed by atoms with Crippen LogP contribution in [0.25, 0.3) is 0 Å². The van der Waals surface area contributed by atoms with E-state index in [2.05, 4.69) is 41.4 Å². The average Bonchev–Trinajstić information content (AvgIpc) is 2.54. The number of amides is 1. The van der Waals surface area contributed by atoms with E-state index >= 15 is 0 Å². The average molecular weight is 312 g/mol. The molecule has 5 heteroatoms. The molecule has 1 amide bonds. The molecule has 1 atom stereocenters.